The third-order valence-corrected chi connectivity index (χ3v) is 3.78. The van der Waals surface area contributed by atoms with Gasteiger partial charge in [0.25, 0.3) is 5.95 Å². The molecule has 0 amide bonds. The monoisotopic (exact) mass is 329 g/mol. The molecule has 0 aliphatic carbocycles. The third-order valence-electron chi connectivity index (χ3n) is 3.78. The standard InChI is InChI=1S/C16H23N7O/c1-11-9-24-7-6-23(11)14-8-12(16(2,3)10-18)20-15(22-14)21-13(19)4-5-17/h4-5,8,11H,6-7,9,17H2,1-3H3,(H2,19,20,21,22). The zero-order chi connectivity index (χ0) is 17.7. The van der Waals surface area contributed by atoms with Gasteiger partial charge in [-0.1, -0.05) is 0 Å². The highest BCUT2D eigenvalue weighted by atomic mass is 16.5. The molecule has 1 aliphatic rings. The van der Waals surface area contributed by atoms with Gasteiger partial charge in [0.15, 0.2) is 0 Å². The second-order valence-electron chi connectivity index (χ2n) is 6.16. The Balaban J connectivity index is 2.52. The topological polar surface area (TPSA) is 126 Å². The van der Waals surface area contributed by atoms with Crippen LogP contribution in [0, 0.1) is 11.3 Å². The van der Waals surface area contributed by atoms with Crippen LogP contribution in [-0.4, -0.2) is 41.6 Å². The highest BCUT2D eigenvalue weighted by molar-refractivity contribution is 5.92. The molecule has 1 atom stereocenters. The molecule has 1 aromatic rings. The maximum Gasteiger partial charge on any atom is 0.253 e. The molecule has 1 aliphatic heterocycles. The number of rotatable bonds is 4. The molecule has 0 bridgehead atoms. The zero-order valence-electron chi connectivity index (χ0n) is 14.2. The first-order valence-corrected chi connectivity index (χ1v) is 7.75. The van der Waals surface area contributed by atoms with Crippen LogP contribution in [-0.2, 0) is 10.2 Å². The molecular weight excluding hydrogens is 306 g/mol. The summed E-state index contributed by atoms with van der Waals surface area (Å²) in [5.41, 5.74) is 10.9. The van der Waals surface area contributed by atoms with Crippen molar-refractivity contribution in [1.29, 1.82) is 5.26 Å². The average molecular weight is 329 g/mol. The lowest BCUT2D eigenvalue weighted by molar-refractivity contribution is 0.0985. The molecule has 1 saturated heterocycles. The van der Waals surface area contributed by atoms with Gasteiger partial charge < -0.3 is 21.1 Å². The fraction of sp³-hybridized carbons (Fsp3) is 0.500. The SMILES string of the molecule is CC1COCCN1c1cc(C(C)(C)C#N)nc(N=C(N)C=CN)n1. The van der Waals surface area contributed by atoms with Gasteiger partial charge in [0.05, 0.1) is 36.4 Å². The number of amidine groups is 1. The number of hydrogen-bond acceptors (Lipinski definition) is 7. The molecular formula is C16H23N7O. The molecule has 0 radical (unpaired) electrons. The molecule has 128 valence electrons. The van der Waals surface area contributed by atoms with Crippen LogP contribution in [0.2, 0.25) is 0 Å². The molecule has 4 N–H and O–H groups in total. The van der Waals surface area contributed by atoms with Gasteiger partial charge in [-0.05, 0) is 33.0 Å². The van der Waals surface area contributed by atoms with Gasteiger partial charge in [0.2, 0.25) is 0 Å². The molecule has 0 saturated carbocycles. The smallest absolute Gasteiger partial charge is 0.253 e. The van der Waals surface area contributed by atoms with Crippen LogP contribution < -0.4 is 16.4 Å². The van der Waals surface area contributed by atoms with Crippen LogP contribution >= 0.6 is 0 Å². The lowest BCUT2D eigenvalue weighted by Gasteiger charge is -2.34. The molecule has 1 unspecified atom stereocenters. The second kappa shape index (κ2) is 7.27. The second-order valence-corrected chi connectivity index (χ2v) is 6.16. The van der Waals surface area contributed by atoms with E-state index in [1.807, 2.05) is 6.07 Å². The van der Waals surface area contributed by atoms with Crippen LogP contribution in [0.15, 0.2) is 23.3 Å². The van der Waals surface area contributed by atoms with E-state index in [9.17, 15) is 5.26 Å². The maximum atomic E-state index is 9.43. The van der Waals surface area contributed by atoms with E-state index in [1.165, 1.54) is 12.3 Å². The predicted octanol–water partition coefficient (Wildman–Crippen LogP) is 0.964. The summed E-state index contributed by atoms with van der Waals surface area (Å²) in [5.74, 6) is 1.12. The number of aliphatic imine (C=N–C) groups is 1. The molecule has 2 heterocycles. The van der Waals surface area contributed by atoms with Gasteiger partial charge in [-0.25, -0.2) is 4.98 Å². The lowest BCUT2D eigenvalue weighted by atomic mass is 9.91. The van der Waals surface area contributed by atoms with Crippen LogP contribution in [0.5, 0.6) is 0 Å². The van der Waals surface area contributed by atoms with E-state index in [0.29, 0.717) is 31.3 Å². The van der Waals surface area contributed by atoms with Crippen molar-refractivity contribution in [3.63, 3.8) is 0 Å². The first-order valence-electron chi connectivity index (χ1n) is 7.75. The Hall–Kier alpha value is -2.66. The van der Waals surface area contributed by atoms with Crippen molar-refractivity contribution in [2.24, 2.45) is 16.5 Å². The van der Waals surface area contributed by atoms with E-state index >= 15 is 0 Å². The zero-order valence-corrected chi connectivity index (χ0v) is 14.2. The Bertz CT molecular complexity index is 690. The Morgan fingerprint density at radius 3 is 2.92 bits per heavy atom. The lowest BCUT2D eigenvalue weighted by Crippen LogP contribution is -2.44. The maximum absolute atomic E-state index is 9.43. The van der Waals surface area contributed by atoms with E-state index in [2.05, 4.69) is 32.9 Å². The Morgan fingerprint density at radius 1 is 1.54 bits per heavy atom. The molecule has 24 heavy (non-hydrogen) atoms. The van der Waals surface area contributed by atoms with Crippen LogP contribution in [0.25, 0.3) is 0 Å². The van der Waals surface area contributed by atoms with Crippen molar-refractivity contribution in [1.82, 2.24) is 9.97 Å². The largest absolute Gasteiger partial charge is 0.404 e. The number of nitriles is 1. The number of morpholine rings is 1. The summed E-state index contributed by atoms with van der Waals surface area (Å²) in [6.07, 6.45) is 2.76. The summed E-state index contributed by atoms with van der Waals surface area (Å²) in [5, 5.41) is 9.43. The van der Waals surface area contributed by atoms with Crippen molar-refractivity contribution >= 4 is 17.6 Å². The fourth-order valence-corrected chi connectivity index (χ4v) is 2.32. The molecule has 8 nitrogen and oxygen atoms in total. The van der Waals surface area contributed by atoms with Gasteiger partial charge >= 0.3 is 0 Å². The quantitative estimate of drug-likeness (QED) is 0.622. The van der Waals surface area contributed by atoms with E-state index in [1.54, 1.807) is 13.8 Å². The van der Waals surface area contributed by atoms with E-state index in [-0.39, 0.29) is 17.8 Å². The summed E-state index contributed by atoms with van der Waals surface area (Å²) in [4.78, 5) is 15.2. The van der Waals surface area contributed by atoms with Gasteiger partial charge in [-0.3, -0.25) is 0 Å². The number of nitrogens with zero attached hydrogens (tertiary/aromatic N) is 5. The van der Waals surface area contributed by atoms with E-state index in [0.717, 1.165) is 0 Å². The molecule has 0 spiro atoms. The van der Waals surface area contributed by atoms with E-state index < -0.39 is 5.41 Å². The average Bonchev–Trinajstić information content (AvgIpc) is 2.55. The van der Waals surface area contributed by atoms with Gasteiger partial charge in [0.1, 0.15) is 11.7 Å². The van der Waals surface area contributed by atoms with Crippen molar-refractivity contribution in [3.8, 4) is 6.07 Å². The Labute approximate surface area is 141 Å². The molecule has 8 heteroatoms. The summed E-state index contributed by atoms with van der Waals surface area (Å²) in [6.45, 7) is 7.63. The molecule has 0 aromatic carbocycles. The van der Waals surface area contributed by atoms with Gasteiger partial charge in [0, 0.05) is 12.6 Å². The number of anilines is 1. The summed E-state index contributed by atoms with van der Waals surface area (Å²) < 4.78 is 5.47. The van der Waals surface area contributed by atoms with Crippen molar-refractivity contribution < 1.29 is 4.74 Å². The summed E-state index contributed by atoms with van der Waals surface area (Å²) in [7, 11) is 0. The number of ether oxygens (including phenoxy) is 1. The minimum atomic E-state index is -0.768. The van der Waals surface area contributed by atoms with Crippen LogP contribution in [0.1, 0.15) is 26.5 Å². The van der Waals surface area contributed by atoms with E-state index in [4.69, 9.17) is 16.2 Å². The first kappa shape index (κ1) is 17.7. The fourth-order valence-electron chi connectivity index (χ4n) is 2.32. The summed E-state index contributed by atoms with van der Waals surface area (Å²) >= 11 is 0. The minimum absolute atomic E-state index is 0.171. The Kier molecular flexibility index (Phi) is 5.36. The van der Waals surface area contributed by atoms with Crippen molar-refractivity contribution in [2.45, 2.75) is 32.2 Å². The minimum Gasteiger partial charge on any atom is -0.404 e. The van der Waals surface area contributed by atoms with Gasteiger partial charge in [-0.15, -0.1) is 0 Å². The van der Waals surface area contributed by atoms with Crippen LogP contribution in [0.4, 0.5) is 11.8 Å². The number of aromatic nitrogens is 2. The molecule has 1 aromatic heterocycles. The normalized spacial score (nSPS) is 19.5. The third kappa shape index (κ3) is 4.00. The highest BCUT2D eigenvalue weighted by Gasteiger charge is 2.27. The first-order chi connectivity index (χ1) is 11.4. The van der Waals surface area contributed by atoms with Gasteiger partial charge in [-0.2, -0.15) is 15.2 Å². The van der Waals surface area contributed by atoms with Crippen molar-refractivity contribution in [2.75, 3.05) is 24.7 Å². The summed E-state index contributed by atoms with van der Waals surface area (Å²) in [6, 6.07) is 4.26. The number of nitrogens with two attached hydrogens (primary N) is 2. The van der Waals surface area contributed by atoms with Crippen LogP contribution in [0.3, 0.4) is 0 Å². The highest BCUT2D eigenvalue weighted by Crippen LogP contribution is 2.27. The Morgan fingerprint density at radius 2 is 2.29 bits per heavy atom. The number of hydrogen-bond donors (Lipinski definition) is 2. The molecule has 2 rings (SSSR count). The van der Waals surface area contributed by atoms with Crippen molar-refractivity contribution in [3.05, 3.63) is 24.0 Å². The molecule has 1 fully saturated rings. The predicted molar refractivity (Wildman–Crippen MR) is 92.9 cm³/mol.